The maximum Gasteiger partial charge on any atom is 0.435 e. The number of amides is 2. The SMILES string of the molecule is CSCC(C)(C)N(C(=O)c1c(I)cccc1C(N)=O)c1ccc(C(F)(C(F)(F)F)C(F)(F)F)cc1C. The van der Waals surface area contributed by atoms with Crippen LogP contribution in [-0.2, 0) is 5.67 Å². The normalized spacial score (nSPS) is 13.0. The van der Waals surface area contributed by atoms with Gasteiger partial charge in [-0.25, -0.2) is 4.39 Å². The van der Waals surface area contributed by atoms with Crippen molar-refractivity contribution in [3.8, 4) is 0 Å². The van der Waals surface area contributed by atoms with Gasteiger partial charge in [-0.05, 0) is 73.4 Å². The van der Waals surface area contributed by atoms with Crippen LogP contribution in [0.3, 0.4) is 0 Å². The van der Waals surface area contributed by atoms with Crippen LogP contribution in [0.5, 0.6) is 0 Å². The summed E-state index contributed by atoms with van der Waals surface area (Å²) in [7, 11) is 0. The third kappa shape index (κ3) is 5.46. The Morgan fingerprint density at radius 1 is 1.00 bits per heavy atom. The summed E-state index contributed by atoms with van der Waals surface area (Å²) in [6.07, 6.45) is -10.8. The molecule has 0 saturated heterocycles. The summed E-state index contributed by atoms with van der Waals surface area (Å²) in [5.74, 6) is -1.35. The van der Waals surface area contributed by atoms with Gasteiger partial charge in [0, 0.05) is 20.6 Å². The summed E-state index contributed by atoms with van der Waals surface area (Å²) in [4.78, 5) is 27.0. The van der Waals surface area contributed by atoms with E-state index >= 15 is 0 Å². The molecule has 0 aliphatic heterocycles. The number of nitrogens with two attached hydrogens (primary N) is 1. The zero-order chi connectivity index (χ0) is 27.9. The molecule has 13 heteroatoms. The molecule has 0 bridgehead atoms. The maximum absolute atomic E-state index is 14.6. The van der Waals surface area contributed by atoms with E-state index in [1.165, 1.54) is 35.7 Å². The molecule has 0 aliphatic rings. The lowest BCUT2D eigenvalue weighted by molar-refractivity contribution is -0.348. The highest BCUT2D eigenvalue weighted by atomic mass is 127. The van der Waals surface area contributed by atoms with E-state index in [4.69, 9.17) is 5.73 Å². The Balaban J connectivity index is 2.82. The standard InChI is InChI=1S/C23H22F7IN2O2S/c1-12-10-13(21(24,22(25,26)27)23(28,29)30)8-9-16(12)33(20(2,3)11-36-4)19(35)17-14(18(32)34)6-5-7-15(17)31/h5-10H,11H2,1-4H3,(H2,32,34). The van der Waals surface area contributed by atoms with Crippen LogP contribution in [0.2, 0.25) is 0 Å². The van der Waals surface area contributed by atoms with Gasteiger partial charge in [0.2, 0.25) is 5.91 Å². The van der Waals surface area contributed by atoms with Crippen molar-refractivity contribution in [1.29, 1.82) is 0 Å². The number of nitrogens with zero attached hydrogens (tertiary/aromatic N) is 1. The molecular weight excluding hydrogens is 628 g/mol. The number of hydrogen-bond acceptors (Lipinski definition) is 3. The van der Waals surface area contributed by atoms with Crippen LogP contribution in [-0.4, -0.2) is 41.7 Å². The second-order valence-corrected chi connectivity index (χ2v) is 10.6. The van der Waals surface area contributed by atoms with Crippen LogP contribution in [0, 0.1) is 10.5 Å². The second kappa shape index (κ2) is 10.4. The second-order valence-electron chi connectivity index (χ2n) is 8.57. The summed E-state index contributed by atoms with van der Waals surface area (Å²) < 4.78 is 94.6. The zero-order valence-electron chi connectivity index (χ0n) is 19.4. The summed E-state index contributed by atoms with van der Waals surface area (Å²) >= 11 is 3.15. The first-order valence-electron chi connectivity index (χ1n) is 10.2. The van der Waals surface area contributed by atoms with Crippen molar-refractivity contribution in [3.63, 3.8) is 0 Å². The molecule has 0 aromatic heterocycles. The first kappa shape index (κ1) is 30.2. The van der Waals surface area contributed by atoms with Crippen LogP contribution >= 0.6 is 34.4 Å². The Kier molecular flexibility index (Phi) is 8.71. The van der Waals surface area contributed by atoms with Crippen LogP contribution in [0.4, 0.5) is 36.4 Å². The van der Waals surface area contributed by atoms with Crippen molar-refractivity contribution in [3.05, 3.63) is 62.2 Å². The molecule has 198 valence electrons. The summed E-state index contributed by atoms with van der Waals surface area (Å²) in [5.41, 5.74) is -3.33. The molecule has 0 aliphatic carbocycles. The summed E-state index contributed by atoms with van der Waals surface area (Å²) in [5, 5.41) is 0. The average Bonchev–Trinajstić information content (AvgIpc) is 2.72. The molecule has 0 atom stereocenters. The van der Waals surface area contributed by atoms with Crippen molar-refractivity contribution >= 4 is 51.9 Å². The number of anilines is 1. The fraction of sp³-hybridized carbons (Fsp3) is 0.391. The number of aryl methyl sites for hydroxylation is 1. The van der Waals surface area contributed by atoms with E-state index in [9.17, 15) is 40.3 Å². The van der Waals surface area contributed by atoms with Crippen LogP contribution < -0.4 is 10.6 Å². The fourth-order valence-electron chi connectivity index (χ4n) is 3.80. The first-order valence-corrected chi connectivity index (χ1v) is 12.6. The molecule has 4 nitrogen and oxygen atoms in total. The van der Waals surface area contributed by atoms with E-state index < -0.39 is 40.9 Å². The monoisotopic (exact) mass is 650 g/mol. The number of carbonyl (C=O) groups is 2. The molecule has 0 heterocycles. The highest BCUT2D eigenvalue weighted by Crippen LogP contribution is 2.53. The molecule has 2 rings (SSSR count). The van der Waals surface area contributed by atoms with E-state index in [0.717, 1.165) is 6.07 Å². The number of halogens is 8. The molecule has 0 radical (unpaired) electrons. The molecule has 0 spiro atoms. The average molecular weight is 650 g/mol. The Bertz CT molecular complexity index is 1150. The van der Waals surface area contributed by atoms with Gasteiger partial charge in [-0.2, -0.15) is 38.1 Å². The molecule has 0 saturated carbocycles. The predicted molar refractivity (Wildman–Crippen MR) is 133 cm³/mol. The topological polar surface area (TPSA) is 63.4 Å². The minimum atomic E-state index is -6.27. The van der Waals surface area contributed by atoms with E-state index in [2.05, 4.69) is 0 Å². The van der Waals surface area contributed by atoms with Gasteiger partial charge in [0.1, 0.15) is 0 Å². The van der Waals surface area contributed by atoms with E-state index in [1.54, 1.807) is 26.2 Å². The largest absolute Gasteiger partial charge is 0.435 e. The van der Waals surface area contributed by atoms with Crippen LogP contribution in [0.25, 0.3) is 0 Å². The van der Waals surface area contributed by atoms with Gasteiger partial charge >= 0.3 is 18.0 Å². The van der Waals surface area contributed by atoms with Gasteiger partial charge < -0.3 is 10.6 Å². The van der Waals surface area contributed by atoms with Gasteiger partial charge in [0.05, 0.1) is 16.7 Å². The van der Waals surface area contributed by atoms with Crippen LogP contribution in [0.15, 0.2) is 36.4 Å². The number of carbonyl (C=O) groups excluding carboxylic acids is 2. The van der Waals surface area contributed by atoms with Gasteiger partial charge in [0.25, 0.3) is 5.91 Å². The quantitative estimate of drug-likeness (QED) is 0.266. The third-order valence-corrected chi connectivity index (χ3v) is 7.31. The molecule has 2 aromatic rings. The lowest BCUT2D eigenvalue weighted by atomic mass is 9.91. The van der Waals surface area contributed by atoms with Gasteiger partial charge in [-0.1, -0.05) is 18.2 Å². The molecule has 36 heavy (non-hydrogen) atoms. The van der Waals surface area contributed by atoms with Crippen molar-refractivity contribution in [2.75, 3.05) is 16.9 Å². The van der Waals surface area contributed by atoms with E-state index in [0.29, 0.717) is 21.5 Å². The fourth-order valence-corrected chi connectivity index (χ4v) is 5.36. The van der Waals surface area contributed by atoms with Crippen molar-refractivity contribution < 1.29 is 40.3 Å². The predicted octanol–water partition coefficient (Wildman–Crippen LogP) is 6.78. The van der Waals surface area contributed by atoms with Gasteiger partial charge in [-0.3, -0.25) is 9.59 Å². The van der Waals surface area contributed by atoms with Crippen molar-refractivity contribution in [2.24, 2.45) is 5.73 Å². The number of primary amides is 1. The van der Waals surface area contributed by atoms with E-state index in [-0.39, 0.29) is 22.4 Å². The number of benzene rings is 2. The molecule has 0 unspecified atom stereocenters. The summed E-state index contributed by atoms with van der Waals surface area (Å²) in [6, 6.07) is 6.01. The maximum atomic E-state index is 14.6. The minimum absolute atomic E-state index is 0.0513. The zero-order valence-corrected chi connectivity index (χ0v) is 22.4. The number of hydrogen-bond donors (Lipinski definition) is 1. The lowest BCUT2D eigenvalue weighted by Crippen LogP contribution is -2.51. The third-order valence-electron chi connectivity index (χ3n) is 5.42. The van der Waals surface area contributed by atoms with Gasteiger partial charge in [-0.15, -0.1) is 0 Å². The Labute approximate surface area is 220 Å². The molecule has 2 aromatic carbocycles. The molecular formula is C23H22F7IN2O2S. The lowest BCUT2D eigenvalue weighted by Gasteiger charge is -2.40. The number of alkyl halides is 7. The molecule has 2 amide bonds. The highest BCUT2D eigenvalue weighted by molar-refractivity contribution is 14.1. The van der Waals surface area contributed by atoms with E-state index in [1.807, 2.05) is 22.6 Å². The Morgan fingerprint density at radius 2 is 1.56 bits per heavy atom. The number of rotatable bonds is 7. The summed E-state index contributed by atoms with van der Waals surface area (Å²) in [6.45, 7) is 4.45. The molecule has 2 N–H and O–H groups in total. The van der Waals surface area contributed by atoms with Gasteiger partial charge in [0.15, 0.2) is 0 Å². The number of thioether (sulfide) groups is 1. The van der Waals surface area contributed by atoms with Crippen molar-refractivity contribution in [1.82, 2.24) is 0 Å². The smallest absolute Gasteiger partial charge is 0.366 e. The first-order chi connectivity index (χ1) is 16.3. The minimum Gasteiger partial charge on any atom is -0.366 e. The van der Waals surface area contributed by atoms with Crippen molar-refractivity contribution in [2.45, 2.75) is 44.3 Å². The molecule has 0 fully saturated rings. The van der Waals surface area contributed by atoms with Crippen LogP contribution in [0.1, 0.15) is 45.7 Å². The highest BCUT2D eigenvalue weighted by Gasteiger charge is 2.73. The Hall–Kier alpha value is -2.03. The Morgan fingerprint density at radius 3 is 2.00 bits per heavy atom.